The maximum Gasteiger partial charge on any atom is 0.308 e. The number of fused-ring (bicyclic) bond motifs is 1. The van der Waals surface area contributed by atoms with Crippen LogP contribution in [0, 0.1) is 13.7 Å². The number of rotatable bonds is 1. The standard InChI is InChI=1S/C9H4ClIN2O2/c10-6-3-4-12-8-5(6)1-2-7(11)9(8)13(14)15/h1-4H. The topological polar surface area (TPSA) is 56.0 Å². The molecule has 0 aliphatic rings. The largest absolute Gasteiger partial charge is 0.308 e. The van der Waals surface area contributed by atoms with E-state index in [-0.39, 0.29) is 5.69 Å². The number of pyridine rings is 1. The van der Waals surface area contributed by atoms with Crippen molar-refractivity contribution in [2.24, 2.45) is 0 Å². The smallest absolute Gasteiger partial charge is 0.258 e. The third-order valence-corrected chi connectivity index (χ3v) is 3.17. The first-order valence-electron chi connectivity index (χ1n) is 3.98. The maximum absolute atomic E-state index is 10.9. The van der Waals surface area contributed by atoms with Crippen LogP contribution in [0.1, 0.15) is 0 Å². The number of nitro benzene ring substituents is 1. The van der Waals surface area contributed by atoms with Gasteiger partial charge in [0.25, 0.3) is 0 Å². The molecule has 15 heavy (non-hydrogen) atoms. The number of benzene rings is 1. The second-order valence-corrected chi connectivity index (χ2v) is 4.41. The van der Waals surface area contributed by atoms with Crippen LogP contribution >= 0.6 is 34.2 Å². The monoisotopic (exact) mass is 334 g/mol. The summed E-state index contributed by atoms with van der Waals surface area (Å²) in [6.45, 7) is 0. The Morgan fingerprint density at radius 2 is 2.13 bits per heavy atom. The highest BCUT2D eigenvalue weighted by Gasteiger charge is 2.18. The Labute approximate surface area is 104 Å². The van der Waals surface area contributed by atoms with E-state index in [2.05, 4.69) is 4.98 Å². The molecule has 4 nitrogen and oxygen atoms in total. The molecule has 0 atom stereocenters. The zero-order chi connectivity index (χ0) is 11.0. The highest BCUT2D eigenvalue weighted by molar-refractivity contribution is 14.1. The predicted octanol–water partition coefficient (Wildman–Crippen LogP) is 3.40. The van der Waals surface area contributed by atoms with Crippen molar-refractivity contribution < 1.29 is 4.92 Å². The Morgan fingerprint density at radius 1 is 1.40 bits per heavy atom. The van der Waals surface area contributed by atoms with Crippen molar-refractivity contribution in [3.8, 4) is 0 Å². The van der Waals surface area contributed by atoms with Crippen LogP contribution in [0.3, 0.4) is 0 Å². The zero-order valence-electron chi connectivity index (χ0n) is 7.28. The fourth-order valence-electron chi connectivity index (χ4n) is 1.32. The molecule has 6 heteroatoms. The third-order valence-electron chi connectivity index (χ3n) is 1.97. The molecule has 1 aromatic heterocycles. The van der Waals surface area contributed by atoms with Crippen LogP contribution in [-0.4, -0.2) is 9.91 Å². The van der Waals surface area contributed by atoms with Gasteiger partial charge < -0.3 is 0 Å². The molecule has 76 valence electrons. The minimum Gasteiger partial charge on any atom is -0.258 e. The second kappa shape index (κ2) is 3.90. The fourth-order valence-corrected chi connectivity index (χ4v) is 2.16. The minimum absolute atomic E-state index is 0.00981. The van der Waals surface area contributed by atoms with Crippen molar-refractivity contribution in [2.75, 3.05) is 0 Å². The molecular formula is C9H4ClIN2O2. The average molecular weight is 334 g/mol. The molecule has 1 aromatic carbocycles. The third kappa shape index (κ3) is 1.76. The minimum atomic E-state index is -0.437. The Bertz CT molecular complexity index is 559. The zero-order valence-corrected chi connectivity index (χ0v) is 10.2. The molecule has 0 spiro atoms. The second-order valence-electron chi connectivity index (χ2n) is 2.84. The molecule has 0 saturated heterocycles. The van der Waals surface area contributed by atoms with Crippen LogP contribution < -0.4 is 0 Å². The van der Waals surface area contributed by atoms with E-state index in [0.29, 0.717) is 19.5 Å². The summed E-state index contributed by atoms with van der Waals surface area (Å²) in [7, 11) is 0. The van der Waals surface area contributed by atoms with E-state index in [1.807, 2.05) is 22.6 Å². The SMILES string of the molecule is O=[N+]([O-])c1c(I)ccc2c(Cl)ccnc12. The quantitative estimate of drug-likeness (QED) is 0.456. The highest BCUT2D eigenvalue weighted by atomic mass is 127. The molecule has 0 amide bonds. The van der Waals surface area contributed by atoms with Gasteiger partial charge in [0, 0.05) is 11.6 Å². The lowest BCUT2D eigenvalue weighted by molar-refractivity contribution is -0.384. The lowest BCUT2D eigenvalue weighted by Gasteiger charge is -2.01. The van der Waals surface area contributed by atoms with Gasteiger partial charge in [0.15, 0.2) is 5.52 Å². The van der Waals surface area contributed by atoms with Gasteiger partial charge in [-0.05, 0) is 40.8 Å². The molecule has 0 aliphatic carbocycles. The van der Waals surface area contributed by atoms with Gasteiger partial charge in [-0.25, -0.2) is 4.98 Å². The summed E-state index contributed by atoms with van der Waals surface area (Å²) in [5, 5.41) is 11.9. The Hall–Kier alpha value is -0.950. The molecule has 0 unspecified atom stereocenters. The van der Waals surface area contributed by atoms with E-state index in [1.54, 1.807) is 18.2 Å². The van der Waals surface area contributed by atoms with Crippen molar-refractivity contribution in [1.29, 1.82) is 0 Å². The van der Waals surface area contributed by atoms with Crippen LogP contribution in [0.25, 0.3) is 10.9 Å². The van der Waals surface area contributed by atoms with Gasteiger partial charge in [-0.2, -0.15) is 0 Å². The highest BCUT2D eigenvalue weighted by Crippen LogP contribution is 2.32. The van der Waals surface area contributed by atoms with Crippen molar-refractivity contribution in [3.63, 3.8) is 0 Å². The molecular weight excluding hydrogens is 330 g/mol. The molecule has 0 bridgehead atoms. The number of hydrogen-bond donors (Lipinski definition) is 0. The summed E-state index contributed by atoms with van der Waals surface area (Å²) in [5.41, 5.74) is 0.343. The molecule has 2 aromatic rings. The number of nitrogens with zero attached hydrogens (tertiary/aromatic N) is 2. The molecule has 0 saturated carbocycles. The lowest BCUT2D eigenvalue weighted by Crippen LogP contribution is -1.94. The maximum atomic E-state index is 10.9. The summed E-state index contributed by atoms with van der Waals surface area (Å²) >= 11 is 7.83. The van der Waals surface area contributed by atoms with Gasteiger partial charge >= 0.3 is 5.69 Å². The first kappa shape index (κ1) is 10.6. The van der Waals surface area contributed by atoms with E-state index in [0.717, 1.165) is 0 Å². The van der Waals surface area contributed by atoms with Crippen molar-refractivity contribution in [2.45, 2.75) is 0 Å². The summed E-state index contributed by atoms with van der Waals surface area (Å²) in [6.07, 6.45) is 1.47. The number of hydrogen-bond acceptors (Lipinski definition) is 3. The summed E-state index contributed by atoms with van der Waals surface area (Å²) in [6, 6.07) is 5.01. The van der Waals surface area contributed by atoms with Crippen LogP contribution in [0.4, 0.5) is 5.69 Å². The van der Waals surface area contributed by atoms with Gasteiger partial charge in [-0.15, -0.1) is 0 Å². The van der Waals surface area contributed by atoms with Gasteiger partial charge in [-0.3, -0.25) is 10.1 Å². The average Bonchev–Trinajstić information content (AvgIpc) is 2.17. The number of aromatic nitrogens is 1. The molecule has 0 fully saturated rings. The first-order chi connectivity index (χ1) is 7.11. The van der Waals surface area contributed by atoms with Gasteiger partial charge in [-0.1, -0.05) is 11.6 Å². The predicted molar refractivity (Wildman–Crippen MR) is 66.1 cm³/mol. The normalized spacial score (nSPS) is 10.5. The van der Waals surface area contributed by atoms with Crippen molar-refractivity contribution >= 4 is 50.8 Å². The molecule has 0 radical (unpaired) electrons. The van der Waals surface area contributed by atoms with Crippen LogP contribution in [0.5, 0.6) is 0 Å². The van der Waals surface area contributed by atoms with E-state index in [1.165, 1.54) is 6.20 Å². The Kier molecular flexibility index (Phi) is 2.74. The van der Waals surface area contributed by atoms with Crippen molar-refractivity contribution in [3.05, 3.63) is 43.1 Å². The van der Waals surface area contributed by atoms with E-state index < -0.39 is 4.92 Å². The van der Waals surface area contributed by atoms with Gasteiger partial charge in [0.1, 0.15) is 0 Å². The van der Waals surface area contributed by atoms with E-state index >= 15 is 0 Å². The van der Waals surface area contributed by atoms with Crippen molar-refractivity contribution in [1.82, 2.24) is 4.98 Å². The summed E-state index contributed by atoms with van der Waals surface area (Å²) < 4.78 is 0.555. The first-order valence-corrected chi connectivity index (χ1v) is 5.44. The number of nitro groups is 1. The van der Waals surface area contributed by atoms with Crippen LogP contribution in [-0.2, 0) is 0 Å². The molecule has 0 aliphatic heterocycles. The molecule has 2 rings (SSSR count). The van der Waals surface area contributed by atoms with Gasteiger partial charge in [0.05, 0.1) is 13.5 Å². The van der Waals surface area contributed by atoms with Crippen LogP contribution in [0.15, 0.2) is 24.4 Å². The van der Waals surface area contributed by atoms with Crippen LogP contribution in [0.2, 0.25) is 5.02 Å². The lowest BCUT2D eigenvalue weighted by atomic mass is 10.2. The summed E-state index contributed by atoms with van der Waals surface area (Å²) in [4.78, 5) is 14.4. The molecule has 1 heterocycles. The van der Waals surface area contributed by atoms with E-state index in [9.17, 15) is 10.1 Å². The molecule has 0 N–H and O–H groups in total. The van der Waals surface area contributed by atoms with Gasteiger partial charge in [0.2, 0.25) is 0 Å². The van der Waals surface area contributed by atoms with E-state index in [4.69, 9.17) is 11.6 Å². The fraction of sp³-hybridized carbons (Fsp3) is 0. The summed E-state index contributed by atoms with van der Waals surface area (Å²) in [5.74, 6) is 0. The Morgan fingerprint density at radius 3 is 2.80 bits per heavy atom. The number of halogens is 2. The Balaban J connectivity index is 2.94.